The van der Waals surface area contributed by atoms with E-state index in [4.69, 9.17) is 0 Å². The zero-order valence-corrected chi connectivity index (χ0v) is 20.1. The Bertz CT molecular complexity index is 1020. The molecule has 0 fully saturated rings. The smallest absolute Gasteiger partial charge is 0.336 e. The predicted octanol–water partition coefficient (Wildman–Crippen LogP) is 7.09. The second-order valence-electron chi connectivity index (χ2n) is 9.16. The molecule has 0 bridgehead atoms. The lowest BCUT2D eigenvalue weighted by atomic mass is 9.72. The first-order chi connectivity index (χ1) is 15.0. The van der Waals surface area contributed by atoms with Crippen molar-refractivity contribution in [3.8, 4) is 0 Å². The van der Waals surface area contributed by atoms with Crippen molar-refractivity contribution in [3.63, 3.8) is 0 Å². The summed E-state index contributed by atoms with van der Waals surface area (Å²) in [5, 5.41) is 12.4. The van der Waals surface area contributed by atoms with Crippen LogP contribution in [0.25, 0.3) is 5.57 Å². The summed E-state index contributed by atoms with van der Waals surface area (Å²) in [5.74, 6) is -1.15. The summed E-state index contributed by atoms with van der Waals surface area (Å²) in [7, 11) is 0. The van der Waals surface area contributed by atoms with Crippen molar-refractivity contribution >= 4 is 23.1 Å². The lowest BCUT2D eigenvalue weighted by molar-refractivity contribution is -0.130. The SMILES string of the molecule is CC(=O)Nc1ccc(C(C(=O)O)=C(C)C=CC=C(C)C=CC2=C(C)CCCC2(C)C)cc1. The van der Waals surface area contributed by atoms with Gasteiger partial charge < -0.3 is 10.4 Å². The second kappa shape index (κ2) is 10.9. The molecule has 0 saturated heterocycles. The van der Waals surface area contributed by atoms with Gasteiger partial charge in [0.1, 0.15) is 0 Å². The summed E-state index contributed by atoms with van der Waals surface area (Å²) in [4.78, 5) is 23.0. The average molecular weight is 434 g/mol. The van der Waals surface area contributed by atoms with E-state index in [2.05, 4.69) is 38.2 Å². The van der Waals surface area contributed by atoms with Crippen LogP contribution in [0.15, 0.2) is 76.9 Å². The van der Waals surface area contributed by atoms with Crippen molar-refractivity contribution in [2.75, 3.05) is 5.32 Å². The fourth-order valence-electron chi connectivity index (χ4n) is 4.15. The van der Waals surface area contributed by atoms with Crippen LogP contribution < -0.4 is 5.32 Å². The van der Waals surface area contributed by atoms with Crippen molar-refractivity contribution in [1.29, 1.82) is 0 Å². The number of allylic oxidation sites excluding steroid dienone is 9. The summed E-state index contributed by atoms with van der Waals surface area (Å²) < 4.78 is 0. The molecule has 0 aromatic heterocycles. The monoisotopic (exact) mass is 433 g/mol. The summed E-state index contributed by atoms with van der Waals surface area (Å²) in [6, 6.07) is 6.82. The Morgan fingerprint density at radius 3 is 2.28 bits per heavy atom. The lowest BCUT2D eigenvalue weighted by Gasteiger charge is -2.32. The zero-order chi connectivity index (χ0) is 23.9. The van der Waals surface area contributed by atoms with Crippen LogP contribution in [0.5, 0.6) is 0 Å². The van der Waals surface area contributed by atoms with Gasteiger partial charge in [-0.1, -0.05) is 67.5 Å². The molecule has 2 rings (SSSR count). The van der Waals surface area contributed by atoms with E-state index in [1.807, 2.05) is 25.2 Å². The highest BCUT2D eigenvalue weighted by atomic mass is 16.4. The molecule has 0 atom stereocenters. The third-order valence-electron chi connectivity index (χ3n) is 5.86. The molecule has 0 spiro atoms. The highest BCUT2D eigenvalue weighted by Gasteiger charge is 2.26. The molecule has 0 radical (unpaired) electrons. The van der Waals surface area contributed by atoms with Crippen LogP contribution >= 0.6 is 0 Å². The first-order valence-corrected chi connectivity index (χ1v) is 11.1. The molecule has 1 amide bonds. The van der Waals surface area contributed by atoms with Crippen molar-refractivity contribution in [2.45, 2.75) is 60.8 Å². The highest BCUT2D eigenvalue weighted by Crippen LogP contribution is 2.40. The molecule has 2 N–H and O–H groups in total. The maximum Gasteiger partial charge on any atom is 0.336 e. The quantitative estimate of drug-likeness (QED) is 0.356. The fourth-order valence-corrected chi connectivity index (χ4v) is 4.15. The largest absolute Gasteiger partial charge is 0.478 e. The molecule has 1 aliphatic rings. The number of carboxylic acids is 1. The van der Waals surface area contributed by atoms with Crippen molar-refractivity contribution < 1.29 is 14.7 Å². The maximum atomic E-state index is 11.9. The number of hydrogen-bond acceptors (Lipinski definition) is 2. The normalized spacial score (nSPS) is 17.6. The van der Waals surface area contributed by atoms with E-state index in [1.54, 1.807) is 31.2 Å². The fraction of sp³-hybridized carbons (Fsp3) is 0.357. The molecule has 1 aromatic rings. The number of benzene rings is 1. The molecule has 32 heavy (non-hydrogen) atoms. The minimum atomic E-state index is -0.984. The van der Waals surface area contributed by atoms with Crippen molar-refractivity contribution in [2.24, 2.45) is 5.41 Å². The Kier molecular flexibility index (Phi) is 8.59. The zero-order valence-electron chi connectivity index (χ0n) is 20.1. The number of carboxylic acid groups (broad SMARTS) is 1. The third kappa shape index (κ3) is 6.94. The van der Waals surface area contributed by atoms with Crippen LogP contribution in [-0.4, -0.2) is 17.0 Å². The van der Waals surface area contributed by atoms with E-state index in [-0.39, 0.29) is 16.9 Å². The third-order valence-corrected chi connectivity index (χ3v) is 5.86. The van der Waals surface area contributed by atoms with Gasteiger partial charge in [-0.15, -0.1) is 0 Å². The average Bonchev–Trinajstić information content (AvgIpc) is 2.68. The molecular weight excluding hydrogens is 398 g/mol. The molecule has 170 valence electrons. The summed E-state index contributed by atoms with van der Waals surface area (Å²) in [6.45, 7) is 12.1. The Morgan fingerprint density at radius 1 is 1.06 bits per heavy atom. The lowest BCUT2D eigenvalue weighted by Crippen LogP contribution is -2.19. The molecule has 0 heterocycles. The highest BCUT2D eigenvalue weighted by molar-refractivity contribution is 6.17. The predicted molar refractivity (Wildman–Crippen MR) is 133 cm³/mol. The maximum absolute atomic E-state index is 11.9. The number of hydrogen-bond donors (Lipinski definition) is 2. The molecule has 4 heteroatoms. The number of carbonyl (C=O) groups excluding carboxylic acids is 1. The van der Waals surface area contributed by atoms with Gasteiger partial charge in [-0.3, -0.25) is 4.79 Å². The first-order valence-electron chi connectivity index (χ1n) is 11.1. The molecule has 1 aliphatic carbocycles. The van der Waals surface area contributed by atoms with Gasteiger partial charge >= 0.3 is 5.97 Å². The van der Waals surface area contributed by atoms with Crippen LogP contribution in [0.4, 0.5) is 5.69 Å². The van der Waals surface area contributed by atoms with E-state index in [0.717, 1.165) is 5.57 Å². The Labute approximate surface area is 192 Å². The molecule has 0 aliphatic heterocycles. The van der Waals surface area contributed by atoms with E-state index >= 15 is 0 Å². The van der Waals surface area contributed by atoms with Gasteiger partial charge in [0.2, 0.25) is 5.91 Å². The number of anilines is 1. The van der Waals surface area contributed by atoms with Gasteiger partial charge in [0.05, 0.1) is 5.57 Å². The van der Waals surface area contributed by atoms with Gasteiger partial charge in [0.15, 0.2) is 0 Å². The topological polar surface area (TPSA) is 66.4 Å². The summed E-state index contributed by atoms with van der Waals surface area (Å²) in [6.07, 6.45) is 13.7. The minimum Gasteiger partial charge on any atom is -0.478 e. The minimum absolute atomic E-state index is 0.166. The van der Waals surface area contributed by atoms with Crippen LogP contribution in [-0.2, 0) is 9.59 Å². The van der Waals surface area contributed by atoms with Crippen LogP contribution in [0.2, 0.25) is 0 Å². The molecular formula is C28H35NO3. The number of carbonyl (C=O) groups is 2. The van der Waals surface area contributed by atoms with E-state index in [1.165, 1.54) is 37.3 Å². The van der Waals surface area contributed by atoms with E-state index in [9.17, 15) is 14.7 Å². The second-order valence-corrected chi connectivity index (χ2v) is 9.16. The van der Waals surface area contributed by atoms with Gasteiger partial charge in [-0.25, -0.2) is 4.79 Å². The molecule has 1 aromatic carbocycles. The van der Waals surface area contributed by atoms with Gasteiger partial charge in [0, 0.05) is 12.6 Å². The van der Waals surface area contributed by atoms with Gasteiger partial charge in [-0.2, -0.15) is 0 Å². The van der Waals surface area contributed by atoms with Crippen LogP contribution in [0, 0.1) is 5.41 Å². The van der Waals surface area contributed by atoms with Gasteiger partial charge in [0.25, 0.3) is 0 Å². The standard InChI is InChI=1S/C28H35NO3/c1-19(12-17-25-20(2)11-8-18-28(25,5)6)9-7-10-21(3)26(27(31)32)23-13-15-24(16-14-23)29-22(4)30/h7,9-10,12-17H,8,11,18H2,1-6H3,(H,29,30)(H,31,32). The number of aliphatic carboxylic acids is 1. The summed E-state index contributed by atoms with van der Waals surface area (Å²) >= 11 is 0. The summed E-state index contributed by atoms with van der Waals surface area (Å²) in [5.41, 5.74) is 6.33. The van der Waals surface area contributed by atoms with Crippen molar-refractivity contribution in [1.82, 2.24) is 0 Å². The molecule has 4 nitrogen and oxygen atoms in total. The Hall–Kier alpha value is -3.14. The van der Waals surface area contributed by atoms with Crippen LogP contribution in [0.3, 0.4) is 0 Å². The van der Waals surface area contributed by atoms with Gasteiger partial charge in [-0.05, 0) is 74.3 Å². The Balaban J connectivity index is 2.20. The van der Waals surface area contributed by atoms with Crippen molar-refractivity contribution in [3.05, 3.63) is 82.5 Å². The van der Waals surface area contributed by atoms with E-state index in [0.29, 0.717) is 16.8 Å². The molecule has 0 unspecified atom stereocenters. The number of rotatable bonds is 7. The van der Waals surface area contributed by atoms with E-state index < -0.39 is 5.97 Å². The molecule has 0 saturated carbocycles. The van der Waals surface area contributed by atoms with Crippen LogP contribution in [0.1, 0.15) is 66.4 Å². The first kappa shape index (κ1) is 25.1. The Morgan fingerprint density at radius 2 is 1.72 bits per heavy atom. The number of nitrogens with one attached hydrogen (secondary N) is 1. The number of amides is 1.